The van der Waals surface area contributed by atoms with Gasteiger partial charge in [0.25, 0.3) is 0 Å². The third-order valence-electron chi connectivity index (χ3n) is 3.30. The maximum absolute atomic E-state index is 12.9. The van der Waals surface area contributed by atoms with Gasteiger partial charge >= 0.3 is 6.18 Å². The van der Waals surface area contributed by atoms with Crippen molar-refractivity contribution in [1.29, 1.82) is 0 Å². The van der Waals surface area contributed by atoms with Crippen molar-refractivity contribution in [2.75, 3.05) is 25.3 Å². The highest BCUT2D eigenvalue weighted by Crippen LogP contribution is 2.37. The molecule has 140 valence electrons. The maximum atomic E-state index is 12.9. The van der Waals surface area contributed by atoms with Gasteiger partial charge in [-0.25, -0.2) is 0 Å². The zero-order chi connectivity index (χ0) is 19.3. The van der Waals surface area contributed by atoms with E-state index in [1.807, 2.05) is 0 Å². The molecule has 0 heterocycles. The van der Waals surface area contributed by atoms with Gasteiger partial charge in [0.1, 0.15) is 11.5 Å². The molecule has 0 fully saturated rings. The number of halogens is 4. The van der Waals surface area contributed by atoms with Crippen molar-refractivity contribution in [2.45, 2.75) is 11.1 Å². The lowest BCUT2D eigenvalue weighted by Crippen LogP contribution is -2.14. The topological polar surface area (TPSA) is 47.6 Å². The standard InChI is InChI=1S/C17H15ClF3NO3S/c1-24-10-3-6-14(15(7-10)25-2)22-16(23)9-26-11-4-5-13(18)12(8-11)17(19,20)21/h3-8H,9H2,1-2H3,(H,22,23). The van der Waals surface area contributed by atoms with Crippen LogP contribution >= 0.6 is 23.4 Å². The van der Waals surface area contributed by atoms with Crippen molar-refractivity contribution in [3.05, 3.63) is 47.0 Å². The molecular weight excluding hydrogens is 391 g/mol. The van der Waals surface area contributed by atoms with Gasteiger partial charge in [-0.3, -0.25) is 4.79 Å². The smallest absolute Gasteiger partial charge is 0.417 e. The lowest BCUT2D eigenvalue weighted by atomic mass is 10.2. The van der Waals surface area contributed by atoms with E-state index in [1.165, 1.54) is 20.3 Å². The van der Waals surface area contributed by atoms with Crippen molar-refractivity contribution >= 4 is 35.0 Å². The zero-order valence-corrected chi connectivity index (χ0v) is 15.4. The molecule has 0 aromatic heterocycles. The van der Waals surface area contributed by atoms with Gasteiger partial charge in [-0.2, -0.15) is 13.2 Å². The predicted octanol–water partition coefficient (Wildman–Crippen LogP) is 5.11. The number of amides is 1. The van der Waals surface area contributed by atoms with Gasteiger partial charge in [0.15, 0.2) is 0 Å². The number of thioether (sulfide) groups is 1. The van der Waals surface area contributed by atoms with Crippen LogP contribution in [0.5, 0.6) is 11.5 Å². The Bertz CT molecular complexity index is 799. The van der Waals surface area contributed by atoms with Crippen LogP contribution in [-0.4, -0.2) is 25.9 Å². The molecule has 0 aliphatic rings. The Morgan fingerprint density at radius 3 is 2.50 bits per heavy atom. The lowest BCUT2D eigenvalue weighted by Gasteiger charge is -2.12. The van der Waals surface area contributed by atoms with Crippen molar-refractivity contribution in [3.63, 3.8) is 0 Å². The molecule has 1 N–H and O–H groups in total. The monoisotopic (exact) mass is 405 g/mol. The van der Waals surface area contributed by atoms with Gasteiger partial charge < -0.3 is 14.8 Å². The number of alkyl halides is 3. The van der Waals surface area contributed by atoms with E-state index >= 15 is 0 Å². The molecule has 2 aromatic carbocycles. The average Bonchev–Trinajstić information content (AvgIpc) is 2.60. The normalized spacial score (nSPS) is 11.2. The van der Waals surface area contributed by atoms with E-state index in [0.29, 0.717) is 22.1 Å². The Morgan fingerprint density at radius 1 is 1.15 bits per heavy atom. The number of rotatable bonds is 6. The van der Waals surface area contributed by atoms with Crippen LogP contribution in [0.25, 0.3) is 0 Å². The second-order valence-electron chi connectivity index (χ2n) is 5.04. The molecule has 2 aromatic rings. The first kappa shape index (κ1) is 20.3. The van der Waals surface area contributed by atoms with Crippen LogP contribution in [0.1, 0.15) is 5.56 Å². The Balaban J connectivity index is 2.04. The van der Waals surface area contributed by atoms with Gasteiger partial charge in [0, 0.05) is 11.0 Å². The van der Waals surface area contributed by atoms with E-state index in [1.54, 1.807) is 18.2 Å². The van der Waals surface area contributed by atoms with Crippen molar-refractivity contribution in [1.82, 2.24) is 0 Å². The maximum Gasteiger partial charge on any atom is 0.417 e. The van der Waals surface area contributed by atoms with E-state index in [4.69, 9.17) is 21.1 Å². The van der Waals surface area contributed by atoms with E-state index in [-0.39, 0.29) is 16.7 Å². The SMILES string of the molecule is COc1ccc(NC(=O)CSc2ccc(Cl)c(C(F)(F)F)c2)c(OC)c1. The first-order chi connectivity index (χ1) is 12.2. The lowest BCUT2D eigenvalue weighted by molar-refractivity contribution is -0.137. The molecule has 26 heavy (non-hydrogen) atoms. The summed E-state index contributed by atoms with van der Waals surface area (Å²) in [6.45, 7) is 0. The van der Waals surface area contributed by atoms with E-state index in [2.05, 4.69) is 5.32 Å². The zero-order valence-electron chi connectivity index (χ0n) is 13.8. The molecule has 0 bridgehead atoms. The third-order valence-corrected chi connectivity index (χ3v) is 4.62. The number of benzene rings is 2. The number of carbonyl (C=O) groups is 1. The number of hydrogen-bond acceptors (Lipinski definition) is 4. The van der Waals surface area contributed by atoms with Crippen LogP contribution in [0, 0.1) is 0 Å². The molecule has 4 nitrogen and oxygen atoms in total. The summed E-state index contributed by atoms with van der Waals surface area (Å²) < 4.78 is 48.8. The van der Waals surface area contributed by atoms with Gasteiger partial charge in [0.05, 0.1) is 36.2 Å². The highest BCUT2D eigenvalue weighted by molar-refractivity contribution is 8.00. The summed E-state index contributed by atoms with van der Waals surface area (Å²) in [6.07, 6.45) is -4.55. The molecule has 0 saturated carbocycles. The van der Waals surface area contributed by atoms with E-state index < -0.39 is 11.7 Å². The second kappa shape index (κ2) is 8.55. The summed E-state index contributed by atoms with van der Waals surface area (Å²) in [7, 11) is 2.95. The van der Waals surface area contributed by atoms with E-state index in [9.17, 15) is 18.0 Å². The molecule has 0 atom stereocenters. The first-order valence-corrected chi connectivity index (χ1v) is 8.62. The van der Waals surface area contributed by atoms with Crippen LogP contribution in [-0.2, 0) is 11.0 Å². The molecule has 0 saturated heterocycles. The van der Waals surface area contributed by atoms with Crippen molar-refractivity contribution in [2.24, 2.45) is 0 Å². The van der Waals surface area contributed by atoms with Crippen LogP contribution in [0.3, 0.4) is 0 Å². The molecule has 9 heteroatoms. The van der Waals surface area contributed by atoms with Crippen LogP contribution < -0.4 is 14.8 Å². The van der Waals surface area contributed by atoms with Crippen LogP contribution in [0.15, 0.2) is 41.3 Å². The predicted molar refractivity (Wildman–Crippen MR) is 95.4 cm³/mol. The Kier molecular flexibility index (Phi) is 6.66. The number of methoxy groups -OCH3 is 2. The minimum Gasteiger partial charge on any atom is -0.497 e. The molecule has 0 spiro atoms. The Hall–Kier alpha value is -2.06. The molecule has 0 unspecified atom stereocenters. The summed E-state index contributed by atoms with van der Waals surface area (Å²) in [4.78, 5) is 12.4. The van der Waals surface area contributed by atoms with Crippen molar-refractivity contribution in [3.8, 4) is 11.5 Å². The first-order valence-electron chi connectivity index (χ1n) is 7.26. The van der Waals surface area contributed by atoms with Gasteiger partial charge in [-0.05, 0) is 30.3 Å². The van der Waals surface area contributed by atoms with Gasteiger partial charge in [-0.15, -0.1) is 11.8 Å². The largest absolute Gasteiger partial charge is 0.497 e. The fraction of sp³-hybridized carbons (Fsp3) is 0.235. The quantitative estimate of drug-likeness (QED) is 0.679. The minimum atomic E-state index is -4.55. The highest BCUT2D eigenvalue weighted by atomic mass is 35.5. The second-order valence-corrected chi connectivity index (χ2v) is 6.50. The molecule has 0 aliphatic carbocycles. The molecule has 0 radical (unpaired) electrons. The van der Waals surface area contributed by atoms with Crippen LogP contribution in [0.4, 0.5) is 18.9 Å². The average molecular weight is 406 g/mol. The van der Waals surface area contributed by atoms with Gasteiger partial charge in [-0.1, -0.05) is 11.6 Å². The summed E-state index contributed by atoms with van der Waals surface area (Å²) in [5.74, 6) is 0.513. The fourth-order valence-electron chi connectivity index (χ4n) is 2.05. The Morgan fingerprint density at radius 2 is 1.88 bits per heavy atom. The number of hydrogen-bond donors (Lipinski definition) is 1. The van der Waals surface area contributed by atoms with Gasteiger partial charge in [0.2, 0.25) is 5.91 Å². The van der Waals surface area contributed by atoms with Crippen LogP contribution in [0.2, 0.25) is 5.02 Å². The molecule has 2 rings (SSSR count). The summed E-state index contributed by atoms with van der Waals surface area (Å²) >= 11 is 6.55. The summed E-state index contributed by atoms with van der Waals surface area (Å²) in [6, 6.07) is 8.40. The summed E-state index contributed by atoms with van der Waals surface area (Å²) in [5.41, 5.74) is -0.493. The van der Waals surface area contributed by atoms with Crippen molar-refractivity contribution < 1.29 is 27.4 Å². The molecule has 0 aliphatic heterocycles. The highest BCUT2D eigenvalue weighted by Gasteiger charge is 2.33. The number of ether oxygens (including phenoxy) is 2. The minimum absolute atomic E-state index is 0.0753. The van der Waals surface area contributed by atoms with E-state index in [0.717, 1.165) is 23.9 Å². The third kappa shape index (κ3) is 5.22. The number of nitrogens with one attached hydrogen (secondary N) is 1. The molecular formula is C17H15ClF3NO3S. The summed E-state index contributed by atoms with van der Waals surface area (Å²) in [5, 5.41) is 2.27. The number of anilines is 1. The Labute approximate surface area is 157 Å². The number of carbonyl (C=O) groups excluding carboxylic acids is 1. The fourth-order valence-corrected chi connectivity index (χ4v) is 3.01. The molecule has 1 amide bonds.